The monoisotopic (exact) mass is 507 g/mol. The number of rotatable bonds is 4. The summed E-state index contributed by atoms with van der Waals surface area (Å²) in [6.07, 6.45) is -3.04. The normalized spacial score (nSPS) is 15.9. The van der Waals surface area contributed by atoms with Gasteiger partial charge in [0, 0.05) is 16.1 Å². The first kappa shape index (κ1) is 21.5. The molecule has 0 bridgehead atoms. The van der Waals surface area contributed by atoms with Crippen molar-refractivity contribution in [2.24, 2.45) is 0 Å². The molecular formula is C22H13BrF3NO3S. The van der Waals surface area contributed by atoms with Gasteiger partial charge in [0.05, 0.1) is 17.0 Å². The van der Waals surface area contributed by atoms with E-state index in [2.05, 4.69) is 15.9 Å². The number of benzene rings is 2. The van der Waals surface area contributed by atoms with E-state index in [0.717, 1.165) is 38.8 Å². The zero-order chi connectivity index (χ0) is 22.2. The summed E-state index contributed by atoms with van der Waals surface area (Å²) in [5, 5.41) is -0.406. The molecule has 4 rings (SSSR count). The van der Waals surface area contributed by atoms with Crippen LogP contribution in [0.15, 0.2) is 74.5 Å². The third-order valence-corrected chi connectivity index (χ3v) is 6.22. The van der Waals surface area contributed by atoms with Crippen LogP contribution in [0.1, 0.15) is 16.9 Å². The Bertz CT molecular complexity index is 1200. The maximum Gasteiger partial charge on any atom is 0.416 e. The minimum Gasteiger partial charge on any atom is -0.457 e. The van der Waals surface area contributed by atoms with Crippen molar-refractivity contribution in [2.75, 3.05) is 0 Å². The molecule has 1 aliphatic rings. The zero-order valence-electron chi connectivity index (χ0n) is 15.7. The fourth-order valence-electron chi connectivity index (χ4n) is 3.00. The quantitative estimate of drug-likeness (QED) is 0.358. The molecule has 1 saturated heterocycles. The fourth-order valence-corrected chi connectivity index (χ4v) is 4.23. The van der Waals surface area contributed by atoms with Crippen LogP contribution < -0.4 is 0 Å². The van der Waals surface area contributed by atoms with E-state index in [9.17, 15) is 22.8 Å². The third-order valence-electron chi connectivity index (χ3n) is 4.53. The maximum atomic E-state index is 12.9. The van der Waals surface area contributed by atoms with Gasteiger partial charge in [0.1, 0.15) is 11.5 Å². The lowest BCUT2D eigenvalue weighted by molar-refractivity contribution is -0.137. The van der Waals surface area contributed by atoms with Gasteiger partial charge in [-0.3, -0.25) is 14.5 Å². The number of hydrogen-bond donors (Lipinski definition) is 0. The Hall–Kier alpha value is -2.78. The van der Waals surface area contributed by atoms with E-state index in [4.69, 9.17) is 4.42 Å². The average Bonchev–Trinajstić information content (AvgIpc) is 3.29. The molecule has 31 heavy (non-hydrogen) atoms. The highest BCUT2D eigenvalue weighted by Gasteiger charge is 2.35. The highest BCUT2D eigenvalue weighted by Crippen LogP contribution is 2.36. The van der Waals surface area contributed by atoms with E-state index in [1.165, 1.54) is 30.3 Å². The van der Waals surface area contributed by atoms with Crippen LogP contribution in [0.3, 0.4) is 0 Å². The van der Waals surface area contributed by atoms with Gasteiger partial charge in [-0.25, -0.2) is 0 Å². The van der Waals surface area contributed by atoms with Crippen molar-refractivity contribution in [3.8, 4) is 11.3 Å². The number of thioether (sulfide) groups is 1. The van der Waals surface area contributed by atoms with Crippen LogP contribution in [0.4, 0.5) is 18.0 Å². The number of alkyl halides is 3. The van der Waals surface area contributed by atoms with Crippen LogP contribution in [0.5, 0.6) is 0 Å². The van der Waals surface area contributed by atoms with Gasteiger partial charge in [0.15, 0.2) is 0 Å². The van der Waals surface area contributed by atoms with Crippen molar-refractivity contribution in [3.63, 3.8) is 0 Å². The third kappa shape index (κ3) is 4.62. The van der Waals surface area contributed by atoms with Crippen LogP contribution in [-0.4, -0.2) is 16.0 Å². The van der Waals surface area contributed by atoms with Crippen molar-refractivity contribution < 1.29 is 27.2 Å². The predicted molar refractivity (Wildman–Crippen MR) is 115 cm³/mol. The Morgan fingerprint density at radius 2 is 1.81 bits per heavy atom. The molecule has 1 aliphatic heterocycles. The summed E-state index contributed by atoms with van der Waals surface area (Å²) in [7, 11) is 0. The van der Waals surface area contributed by atoms with E-state index in [-0.39, 0.29) is 28.5 Å². The molecular weight excluding hydrogens is 495 g/mol. The smallest absolute Gasteiger partial charge is 0.416 e. The van der Waals surface area contributed by atoms with Crippen molar-refractivity contribution in [2.45, 2.75) is 12.7 Å². The standard InChI is InChI=1S/C22H13BrF3NO3S/c23-17-7-2-1-4-14(17)12-27-20(28)19(31-21(27)29)11-16-8-9-18(30-16)13-5-3-6-15(10-13)22(24,25)26/h1-11H,12H2/b19-11+. The number of halogens is 4. The van der Waals surface area contributed by atoms with E-state index in [1.54, 1.807) is 0 Å². The van der Waals surface area contributed by atoms with Gasteiger partial charge in [-0.05, 0) is 47.7 Å². The largest absolute Gasteiger partial charge is 0.457 e. The van der Waals surface area contributed by atoms with E-state index >= 15 is 0 Å². The minimum absolute atomic E-state index is 0.122. The SMILES string of the molecule is O=C1S/C(=C/c2ccc(-c3cccc(C(F)(F)F)c3)o2)C(=O)N1Cc1ccccc1Br. The zero-order valence-corrected chi connectivity index (χ0v) is 18.1. The Morgan fingerprint density at radius 3 is 2.55 bits per heavy atom. The molecule has 3 aromatic rings. The molecule has 158 valence electrons. The first-order chi connectivity index (χ1) is 14.7. The van der Waals surface area contributed by atoms with Gasteiger partial charge >= 0.3 is 6.18 Å². The van der Waals surface area contributed by atoms with Crippen molar-refractivity contribution in [1.29, 1.82) is 0 Å². The molecule has 0 aliphatic carbocycles. The topological polar surface area (TPSA) is 50.5 Å². The Kier molecular flexibility index (Phi) is 5.81. The lowest BCUT2D eigenvalue weighted by Gasteiger charge is -2.13. The van der Waals surface area contributed by atoms with E-state index in [1.807, 2.05) is 24.3 Å². The van der Waals surface area contributed by atoms with Crippen LogP contribution in [-0.2, 0) is 17.5 Å². The average molecular weight is 508 g/mol. The molecule has 0 unspecified atom stereocenters. The van der Waals surface area contributed by atoms with Crippen LogP contribution >= 0.6 is 27.7 Å². The number of imide groups is 1. The summed E-state index contributed by atoms with van der Waals surface area (Å²) in [5.74, 6) is 0.0337. The number of amides is 2. The van der Waals surface area contributed by atoms with Crippen molar-refractivity contribution >= 4 is 44.9 Å². The first-order valence-corrected chi connectivity index (χ1v) is 10.6. The molecule has 9 heteroatoms. The highest BCUT2D eigenvalue weighted by atomic mass is 79.9. The molecule has 0 spiro atoms. The van der Waals surface area contributed by atoms with Gasteiger partial charge in [-0.15, -0.1) is 0 Å². The van der Waals surface area contributed by atoms with Gasteiger partial charge in [-0.1, -0.05) is 46.3 Å². The minimum atomic E-state index is -4.46. The second kappa shape index (κ2) is 8.39. The summed E-state index contributed by atoms with van der Waals surface area (Å²) < 4.78 is 45.2. The predicted octanol–water partition coefficient (Wildman–Crippen LogP) is 6.96. The number of carbonyl (C=O) groups excluding carboxylic acids is 2. The second-order valence-electron chi connectivity index (χ2n) is 6.64. The molecule has 1 aromatic heterocycles. The molecule has 0 radical (unpaired) electrons. The first-order valence-electron chi connectivity index (χ1n) is 8.98. The molecule has 2 aromatic carbocycles. The van der Waals surface area contributed by atoms with Crippen LogP contribution in [0.2, 0.25) is 0 Å². The molecule has 2 amide bonds. The number of hydrogen-bond acceptors (Lipinski definition) is 4. The number of furan rings is 1. The van der Waals surface area contributed by atoms with Gasteiger partial charge in [-0.2, -0.15) is 13.2 Å². The molecule has 4 nitrogen and oxygen atoms in total. The summed E-state index contributed by atoms with van der Waals surface area (Å²) in [6.45, 7) is 0.122. The molecule has 1 fully saturated rings. The molecule has 0 saturated carbocycles. The van der Waals surface area contributed by atoms with E-state index in [0.29, 0.717) is 0 Å². The molecule has 2 heterocycles. The lowest BCUT2D eigenvalue weighted by atomic mass is 10.1. The van der Waals surface area contributed by atoms with Crippen LogP contribution in [0, 0.1) is 0 Å². The van der Waals surface area contributed by atoms with E-state index < -0.39 is 22.9 Å². The Balaban J connectivity index is 1.55. The van der Waals surface area contributed by atoms with Gasteiger partial charge in [0.25, 0.3) is 11.1 Å². The summed E-state index contributed by atoms with van der Waals surface area (Å²) in [5.41, 5.74) is 0.267. The summed E-state index contributed by atoms with van der Waals surface area (Å²) >= 11 is 4.19. The fraction of sp³-hybridized carbons (Fsp3) is 0.0909. The van der Waals surface area contributed by atoms with Crippen molar-refractivity contribution in [3.05, 3.63) is 86.9 Å². The Morgan fingerprint density at radius 1 is 1.03 bits per heavy atom. The van der Waals surface area contributed by atoms with Crippen LogP contribution in [0.25, 0.3) is 17.4 Å². The number of nitrogens with zero attached hydrogens (tertiary/aromatic N) is 1. The van der Waals surface area contributed by atoms with Crippen molar-refractivity contribution in [1.82, 2.24) is 4.90 Å². The molecule has 0 N–H and O–H groups in total. The summed E-state index contributed by atoms with van der Waals surface area (Å²) in [6, 6.07) is 15.1. The highest BCUT2D eigenvalue weighted by molar-refractivity contribution is 9.10. The number of carbonyl (C=O) groups is 2. The second-order valence-corrected chi connectivity index (χ2v) is 8.49. The van der Waals surface area contributed by atoms with Gasteiger partial charge in [0.2, 0.25) is 0 Å². The van der Waals surface area contributed by atoms with Gasteiger partial charge < -0.3 is 4.42 Å². The summed E-state index contributed by atoms with van der Waals surface area (Å²) in [4.78, 5) is 26.4. The lowest BCUT2D eigenvalue weighted by Crippen LogP contribution is -2.27. The Labute approximate surface area is 187 Å². The molecule has 0 atom stereocenters. The maximum absolute atomic E-state index is 12.9.